The first-order valence-corrected chi connectivity index (χ1v) is 16.9. The van der Waals surface area contributed by atoms with E-state index in [4.69, 9.17) is 33.7 Å². The zero-order valence-corrected chi connectivity index (χ0v) is 28.3. The lowest BCUT2D eigenvalue weighted by Gasteiger charge is -2.34. The molecule has 248 valence electrons. The van der Waals surface area contributed by atoms with Gasteiger partial charge in [-0.3, -0.25) is 19.6 Å². The van der Waals surface area contributed by atoms with Crippen LogP contribution in [0.5, 0.6) is 5.75 Å². The summed E-state index contributed by atoms with van der Waals surface area (Å²) in [6.07, 6.45) is 7.44. The molecule has 5 aromatic rings. The first-order valence-electron chi connectivity index (χ1n) is 16.2. The normalized spacial score (nSPS) is 15.6. The maximum atomic E-state index is 12.6. The van der Waals surface area contributed by atoms with E-state index in [1.807, 2.05) is 42.6 Å². The van der Waals surface area contributed by atoms with Crippen LogP contribution in [0.2, 0.25) is 10.0 Å². The molecule has 0 unspecified atom stereocenters. The van der Waals surface area contributed by atoms with E-state index in [0.29, 0.717) is 22.4 Å². The van der Waals surface area contributed by atoms with Gasteiger partial charge < -0.3 is 25.6 Å². The number of nitrogens with two attached hydrogens (primary N) is 1. The fourth-order valence-corrected chi connectivity index (χ4v) is 6.64. The number of piperidine rings is 2. The summed E-state index contributed by atoms with van der Waals surface area (Å²) in [5.74, 6) is -0.202. The number of pyridine rings is 2. The number of aromatic nitrogens is 2. The van der Waals surface area contributed by atoms with E-state index in [1.165, 1.54) is 12.6 Å². The van der Waals surface area contributed by atoms with Crippen molar-refractivity contribution in [1.82, 2.24) is 15.3 Å². The van der Waals surface area contributed by atoms with Gasteiger partial charge in [-0.2, -0.15) is 0 Å². The zero-order valence-electron chi connectivity index (χ0n) is 26.7. The zero-order chi connectivity index (χ0) is 33.6. The van der Waals surface area contributed by atoms with Gasteiger partial charge >= 0.3 is 5.97 Å². The second-order valence-electron chi connectivity index (χ2n) is 12.2. The van der Waals surface area contributed by atoms with Gasteiger partial charge in [-0.15, -0.1) is 0 Å². The topological polar surface area (TPSA) is 114 Å². The number of ether oxygens (including phenoxy) is 1. The van der Waals surface area contributed by atoms with Crippen molar-refractivity contribution in [3.05, 3.63) is 101 Å². The Kier molecular flexibility index (Phi) is 10.6. The lowest BCUT2D eigenvalue weighted by molar-refractivity contribution is -0.131. The van der Waals surface area contributed by atoms with Crippen molar-refractivity contribution in [3.8, 4) is 5.75 Å². The molecule has 1 amide bonds. The Morgan fingerprint density at radius 3 is 1.85 bits per heavy atom. The minimum Gasteiger partial charge on any atom is -0.427 e. The van der Waals surface area contributed by atoms with Crippen molar-refractivity contribution in [1.29, 1.82) is 0 Å². The van der Waals surface area contributed by atoms with E-state index in [0.717, 1.165) is 84.4 Å². The monoisotopic (exact) mass is 684 g/mol. The highest BCUT2D eigenvalue weighted by atomic mass is 35.5. The van der Waals surface area contributed by atoms with E-state index in [-0.39, 0.29) is 11.9 Å². The largest absolute Gasteiger partial charge is 0.427 e. The van der Waals surface area contributed by atoms with Crippen LogP contribution in [0, 0.1) is 0 Å². The number of esters is 1. The number of anilines is 2. The number of fused-ring (bicyclic) bond motifs is 2. The van der Waals surface area contributed by atoms with Crippen molar-refractivity contribution < 1.29 is 14.3 Å². The highest BCUT2D eigenvalue weighted by Crippen LogP contribution is 2.31. The van der Waals surface area contributed by atoms with Crippen molar-refractivity contribution in [3.63, 3.8) is 0 Å². The van der Waals surface area contributed by atoms with Crippen LogP contribution >= 0.6 is 23.2 Å². The molecular weight excluding hydrogens is 647 g/mol. The van der Waals surface area contributed by atoms with Crippen LogP contribution in [-0.4, -0.2) is 60.1 Å². The van der Waals surface area contributed by atoms with Gasteiger partial charge in [0.2, 0.25) is 0 Å². The number of hydrogen-bond acceptors (Lipinski definition) is 8. The molecule has 0 radical (unpaired) electrons. The maximum Gasteiger partial charge on any atom is 0.308 e. The Morgan fingerprint density at radius 2 is 1.31 bits per heavy atom. The summed E-state index contributed by atoms with van der Waals surface area (Å²) in [6.45, 7) is 5.04. The Balaban J connectivity index is 0.000000189. The quantitative estimate of drug-likeness (QED) is 0.150. The van der Waals surface area contributed by atoms with Crippen LogP contribution in [0.3, 0.4) is 0 Å². The summed E-state index contributed by atoms with van der Waals surface area (Å²) in [5, 5.41) is 6.74. The number of nitrogens with one attached hydrogen (secondary N) is 1. The molecule has 2 fully saturated rings. The fraction of sp³-hybridized carbons (Fsp3) is 0.297. The lowest BCUT2D eigenvalue weighted by Crippen LogP contribution is -2.44. The Bertz CT molecular complexity index is 1920. The van der Waals surface area contributed by atoms with Crippen molar-refractivity contribution >= 4 is 68.3 Å². The number of nitrogens with zero attached hydrogens (tertiary/aromatic N) is 4. The van der Waals surface area contributed by atoms with E-state index in [1.54, 1.807) is 30.5 Å². The van der Waals surface area contributed by atoms with Gasteiger partial charge in [0.25, 0.3) is 5.91 Å². The molecule has 3 N–H and O–H groups in total. The Hall–Kier alpha value is -4.44. The summed E-state index contributed by atoms with van der Waals surface area (Å²) in [4.78, 5) is 37.2. The second kappa shape index (κ2) is 15.2. The highest BCUT2D eigenvalue weighted by Gasteiger charge is 2.23. The van der Waals surface area contributed by atoms with Crippen LogP contribution < -0.4 is 25.6 Å². The predicted molar refractivity (Wildman–Crippen MR) is 193 cm³/mol. The number of amides is 1. The smallest absolute Gasteiger partial charge is 0.308 e. The van der Waals surface area contributed by atoms with E-state index < -0.39 is 5.97 Å². The molecule has 3 aromatic carbocycles. The third-order valence-electron chi connectivity index (χ3n) is 8.77. The molecule has 2 aliphatic heterocycles. The number of benzene rings is 3. The number of halogens is 2. The molecule has 0 spiro atoms. The van der Waals surface area contributed by atoms with Crippen LogP contribution in [0.4, 0.5) is 11.4 Å². The number of hydrogen-bond donors (Lipinski definition) is 2. The summed E-state index contributed by atoms with van der Waals surface area (Å²) in [5.41, 5.74) is 10.6. The van der Waals surface area contributed by atoms with E-state index in [2.05, 4.69) is 37.2 Å². The SMILES string of the molecule is CC(=O)Oc1cccc(C(=O)NC2CCN(c3ccnc4cc(Cl)ccc34)CC2)c1.NC1CCN(c2ccnc3cc(Cl)ccc23)CC1. The van der Waals surface area contributed by atoms with Gasteiger partial charge in [0.1, 0.15) is 5.75 Å². The summed E-state index contributed by atoms with van der Waals surface area (Å²) in [6, 6.07) is 22.8. The molecule has 0 aliphatic carbocycles. The molecule has 48 heavy (non-hydrogen) atoms. The first-order chi connectivity index (χ1) is 23.2. The molecule has 11 heteroatoms. The maximum absolute atomic E-state index is 12.6. The first kappa shape index (κ1) is 33.5. The third-order valence-corrected chi connectivity index (χ3v) is 9.24. The molecule has 2 saturated heterocycles. The second-order valence-corrected chi connectivity index (χ2v) is 13.0. The molecule has 2 aromatic heterocycles. The van der Waals surface area contributed by atoms with Crippen molar-refractivity contribution in [2.45, 2.75) is 44.7 Å². The summed E-state index contributed by atoms with van der Waals surface area (Å²) >= 11 is 12.1. The van der Waals surface area contributed by atoms with Gasteiger partial charge in [-0.1, -0.05) is 29.3 Å². The Morgan fingerprint density at radius 1 is 0.771 bits per heavy atom. The molecule has 0 atom stereocenters. The average Bonchev–Trinajstić information content (AvgIpc) is 3.08. The van der Waals surface area contributed by atoms with Crippen LogP contribution in [0.15, 0.2) is 85.2 Å². The van der Waals surface area contributed by atoms with E-state index >= 15 is 0 Å². The van der Waals surface area contributed by atoms with Gasteiger partial charge in [0.15, 0.2) is 0 Å². The third kappa shape index (κ3) is 8.16. The fourth-order valence-electron chi connectivity index (χ4n) is 6.30. The van der Waals surface area contributed by atoms with Gasteiger partial charge in [-0.25, -0.2) is 0 Å². The van der Waals surface area contributed by atoms with Gasteiger partial charge in [0.05, 0.1) is 11.0 Å². The standard InChI is InChI=1S/C23H22ClN3O3.C14H16ClN3/c1-15(28)30-19-4-2-3-16(13-19)23(29)26-18-8-11-27(12-9-18)22-7-10-25-21-14-17(24)5-6-20(21)22;15-10-1-2-12-13(9-10)17-6-3-14(12)18-7-4-11(16)5-8-18/h2-7,10,13-14,18H,8-9,11-12H2,1H3,(H,26,29);1-3,6,9,11H,4-5,7-8,16H2. The predicted octanol–water partition coefficient (Wildman–Crippen LogP) is 7.03. The van der Waals surface area contributed by atoms with Crippen LogP contribution in [0.1, 0.15) is 43.0 Å². The highest BCUT2D eigenvalue weighted by molar-refractivity contribution is 6.31. The summed E-state index contributed by atoms with van der Waals surface area (Å²) in [7, 11) is 0. The molecule has 0 saturated carbocycles. The van der Waals surface area contributed by atoms with Gasteiger partial charge in [-0.05, 0) is 92.4 Å². The minimum absolute atomic E-state index is 0.0914. The Labute approximate surface area is 290 Å². The minimum atomic E-state index is -0.411. The lowest BCUT2D eigenvalue weighted by atomic mass is 10.0. The molecule has 2 aliphatic rings. The molecule has 4 heterocycles. The van der Waals surface area contributed by atoms with Gasteiger partial charge in [0, 0.05) is 95.3 Å². The molecular formula is C37H38Cl2N6O3. The van der Waals surface area contributed by atoms with Crippen LogP contribution in [0.25, 0.3) is 21.8 Å². The molecule has 9 nitrogen and oxygen atoms in total. The number of rotatable bonds is 5. The van der Waals surface area contributed by atoms with Crippen molar-refractivity contribution in [2.75, 3.05) is 36.0 Å². The molecule has 7 rings (SSSR count). The summed E-state index contributed by atoms with van der Waals surface area (Å²) < 4.78 is 5.06. The van der Waals surface area contributed by atoms with Crippen molar-refractivity contribution in [2.24, 2.45) is 5.73 Å². The average molecular weight is 686 g/mol. The number of carbonyl (C=O) groups is 2. The van der Waals surface area contributed by atoms with Crippen LogP contribution in [-0.2, 0) is 4.79 Å². The molecule has 0 bridgehead atoms. The van der Waals surface area contributed by atoms with E-state index in [9.17, 15) is 9.59 Å². The number of carbonyl (C=O) groups excluding carboxylic acids is 2.